The third kappa shape index (κ3) is 4.12. The van der Waals surface area contributed by atoms with Crippen LogP contribution in [0.25, 0.3) is 6.08 Å². The summed E-state index contributed by atoms with van der Waals surface area (Å²) >= 11 is 9.57. The van der Waals surface area contributed by atoms with Crippen molar-refractivity contribution in [2.24, 2.45) is 0 Å². The molecule has 0 bridgehead atoms. The van der Waals surface area contributed by atoms with Crippen LogP contribution in [0.2, 0.25) is 5.02 Å². The highest BCUT2D eigenvalue weighted by atomic mass is 79.9. The number of Topliss-reactive ketones (excluding diaryl/α,β-unsaturated/α-hetero) is 1. The van der Waals surface area contributed by atoms with Gasteiger partial charge < -0.3 is 18.9 Å². The summed E-state index contributed by atoms with van der Waals surface area (Å²) in [4.78, 5) is 13.0. The maximum absolute atomic E-state index is 14.1. The number of ketones is 1. The quantitative estimate of drug-likeness (QED) is 0.355. The van der Waals surface area contributed by atoms with Crippen LogP contribution in [0.5, 0.6) is 17.2 Å². The lowest BCUT2D eigenvalue weighted by molar-refractivity contribution is -0.0165. The van der Waals surface area contributed by atoms with Crippen LogP contribution in [0.15, 0.2) is 52.7 Å². The molecule has 33 heavy (non-hydrogen) atoms. The van der Waals surface area contributed by atoms with E-state index in [0.29, 0.717) is 40.5 Å². The van der Waals surface area contributed by atoms with Crippen LogP contribution < -0.4 is 14.2 Å². The zero-order valence-electron chi connectivity index (χ0n) is 17.4. The predicted molar refractivity (Wildman–Crippen MR) is 124 cm³/mol. The highest BCUT2D eigenvalue weighted by Gasteiger charge is 2.31. The number of carbonyl (C=O) groups is 1. The van der Waals surface area contributed by atoms with Crippen LogP contribution in [-0.2, 0) is 18.0 Å². The van der Waals surface area contributed by atoms with E-state index in [0.717, 1.165) is 10.0 Å². The number of hydrogen-bond acceptors (Lipinski definition) is 5. The Bertz CT molecular complexity index is 1300. The van der Waals surface area contributed by atoms with Gasteiger partial charge in [-0.05, 0) is 49.4 Å². The van der Waals surface area contributed by atoms with Gasteiger partial charge in [0.05, 0.1) is 17.2 Å². The lowest BCUT2D eigenvalue weighted by atomic mass is 10.0. The molecule has 2 heterocycles. The van der Waals surface area contributed by atoms with Crippen molar-refractivity contribution in [3.63, 3.8) is 0 Å². The number of fused-ring (bicyclic) bond motifs is 2. The Labute approximate surface area is 202 Å². The molecule has 0 radical (unpaired) electrons. The Morgan fingerprint density at radius 1 is 1.21 bits per heavy atom. The Kier molecular flexibility index (Phi) is 5.86. The largest absolute Gasteiger partial charge is 0.488 e. The highest BCUT2D eigenvalue weighted by Crippen LogP contribution is 2.41. The lowest BCUT2D eigenvalue weighted by Gasteiger charge is -2.20. The minimum Gasteiger partial charge on any atom is -0.488 e. The van der Waals surface area contributed by atoms with Crippen molar-refractivity contribution >= 4 is 39.4 Å². The minimum atomic E-state index is -0.442. The second-order valence-electron chi connectivity index (χ2n) is 7.59. The summed E-state index contributed by atoms with van der Waals surface area (Å²) < 4.78 is 37.7. The van der Waals surface area contributed by atoms with Crippen molar-refractivity contribution in [2.75, 3.05) is 6.79 Å². The number of ether oxygens (including phenoxy) is 4. The fraction of sp³-hybridized carbons (Fsp3) is 0.160. The van der Waals surface area contributed by atoms with Gasteiger partial charge in [0, 0.05) is 26.7 Å². The molecule has 0 unspecified atom stereocenters. The molecule has 168 valence electrons. The first-order chi connectivity index (χ1) is 15.9. The van der Waals surface area contributed by atoms with Crippen LogP contribution in [0.4, 0.5) is 4.39 Å². The molecular weight excluding hydrogens is 515 g/mol. The standard InChI is InChI=1S/C25H17BrClFO5/c1-13-21(31-11-18-19(27)3-2-4-20(18)28)6-5-17-23(29)22(33-24(13)17)9-14-7-16(26)8-15-10-30-12-32-25(14)15/h2-9H,10-12H2,1H3/b22-9-. The van der Waals surface area contributed by atoms with Crippen molar-refractivity contribution in [2.45, 2.75) is 20.1 Å². The molecule has 0 saturated carbocycles. The molecule has 0 aromatic heterocycles. The van der Waals surface area contributed by atoms with Gasteiger partial charge in [-0.15, -0.1) is 0 Å². The van der Waals surface area contributed by atoms with E-state index in [1.807, 2.05) is 12.1 Å². The van der Waals surface area contributed by atoms with E-state index >= 15 is 0 Å². The SMILES string of the molecule is Cc1c(OCc2c(F)cccc2Cl)ccc2c1O/C(=C\c1cc(Br)cc3c1OCOC3)C2=O. The molecule has 3 aromatic carbocycles. The maximum Gasteiger partial charge on any atom is 0.231 e. The second-order valence-corrected chi connectivity index (χ2v) is 8.91. The molecular formula is C25H17BrClFO5. The van der Waals surface area contributed by atoms with Crippen LogP contribution in [0, 0.1) is 12.7 Å². The molecule has 0 aliphatic carbocycles. The number of hydrogen-bond donors (Lipinski definition) is 0. The Hall–Kier alpha value is -2.87. The van der Waals surface area contributed by atoms with Crippen LogP contribution in [0.3, 0.4) is 0 Å². The van der Waals surface area contributed by atoms with E-state index in [-0.39, 0.29) is 35.5 Å². The molecule has 0 amide bonds. The Balaban J connectivity index is 1.44. The van der Waals surface area contributed by atoms with Gasteiger partial charge in [-0.25, -0.2) is 4.39 Å². The zero-order chi connectivity index (χ0) is 23.1. The summed E-state index contributed by atoms with van der Waals surface area (Å²) in [5.74, 6) is 1.05. The van der Waals surface area contributed by atoms with Crippen LogP contribution in [-0.4, -0.2) is 12.6 Å². The number of carbonyl (C=O) groups excluding carboxylic acids is 1. The Morgan fingerprint density at radius 3 is 2.88 bits per heavy atom. The third-order valence-electron chi connectivity index (χ3n) is 5.46. The van der Waals surface area contributed by atoms with Gasteiger partial charge in [-0.2, -0.15) is 0 Å². The average molecular weight is 532 g/mol. The third-order valence-corrected chi connectivity index (χ3v) is 6.27. The van der Waals surface area contributed by atoms with Crippen LogP contribution in [0.1, 0.15) is 32.6 Å². The normalized spacial score (nSPS) is 15.6. The molecule has 2 aliphatic heterocycles. The van der Waals surface area contributed by atoms with Crippen molar-refractivity contribution in [1.82, 2.24) is 0 Å². The van der Waals surface area contributed by atoms with Crippen LogP contribution >= 0.6 is 27.5 Å². The van der Waals surface area contributed by atoms with E-state index in [1.54, 1.807) is 31.2 Å². The van der Waals surface area contributed by atoms with Crippen molar-refractivity contribution in [1.29, 1.82) is 0 Å². The second kappa shape index (κ2) is 8.82. The average Bonchev–Trinajstić information content (AvgIpc) is 3.11. The first kappa shape index (κ1) is 21.9. The molecule has 3 aromatic rings. The number of benzene rings is 3. The Morgan fingerprint density at radius 2 is 2.06 bits per heavy atom. The van der Waals surface area contributed by atoms with Gasteiger partial charge in [0.2, 0.25) is 5.78 Å². The molecule has 0 spiro atoms. The fourth-order valence-electron chi connectivity index (χ4n) is 3.80. The smallest absolute Gasteiger partial charge is 0.231 e. The molecule has 5 nitrogen and oxygen atoms in total. The van der Waals surface area contributed by atoms with Crippen molar-refractivity contribution in [3.05, 3.63) is 91.4 Å². The molecule has 8 heteroatoms. The first-order valence-electron chi connectivity index (χ1n) is 10.1. The predicted octanol–water partition coefficient (Wildman–Crippen LogP) is 6.61. The number of halogens is 3. The molecule has 5 rings (SSSR count). The van der Waals surface area contributed by atoms with Crippen molar-refractivity contribution in [3.8, 4) is 17.2 Å². The summed E-state index contributed by atoms with van der Waals surface area (Å²) in [5, 5.41) is 0.287. The summed E-state index contributed by atoms with van der Waals surface area (Å²) in [6.07, 6.45) is 1.66. The summed E-state index contributed by atoms with van der Waals surface area (Å²) in [7, 11) is 0. The van der Waals surface area contributed by atoms with E-state index in [9.17, 15) is 9.18 Å². The van der Waals surface area contributed by atoms with Gasteiger partial charge in [-0.1, -0.05) is 33.6 Å². The maximum atomic E-state index is 14.1. The van der Waals surface area contributed by atoms with E-state index in [4.69, 9.17) is 30.5 Å². The molecule has 0 atom stereocenters. The summed E-state index contributed by atoms with van der Waals surface area (Å²) in [6.45, 7) is 2.30. The first-order valence-corrected chi connectivity index (χ1v) is 11.3. The number of allylic oxidation sites excluding steroid dienone is 1. The highest BCUT2D eigenvalue weighted by molar-refractivity contribution is 9.10. The van der Waals surface area contributed by atoms with Gasteiger partial charge in [0.1, 0.15) is 29.7 Å². The molecule has 0 N–H and O–H groups in total. The topological polar surface area (TPSA) is 54.0 Å². The molecule has 0 fully saturated rings. The fourth-order valence-corrected chi connectivity index (χ4v) is 4.54. The van der Waals surface area contributed by atoms with E-state index in [1.165, 1.54) is 12.1 Å². The lowest BCUT2D eigenvalue weighted by Crippen LogP contribution is -2.12. The van der Waals surface area contributed by atoms with Gasteiger partial charge in [0.25, 0.3) is 0 Å². The van der Waals surface area contributed by atoms with Gasteiger partial charge in [-0.3, -0.25) is 4.79 Å². The van der Waals surface area contributed by atoms with E-state index in [2.05, 4.69) is 15.9 Å². The monoisotopic (exact) mass is 530 g/mol. The van der Waals surface area contributed by atoms with Gasteiger partial charge >= 0.3 is 0 Å². The molecule has 2 aliphatic rings. The zero-order valence-corrected chi connectivity index (χ0v) is 19.8. The summed E-state index contributed by atoms with van der Waals surface area (Å²) in [5.41, 5.74) is 2.92. The number of rotatable bonds is 4. The van der Waals surface area contributed by atoms with Gasteiger partial charge in [0.15, 0.2) is 12.6 Å². The minimum absolute atomic E-state index is 0.0502. The summed E-state index contributed by atoms with van der Waals surface area (Å²) in [6, 6.07) is 11.6. The molecule has 0 saturated heterocycles. The van der Waals surface area contributed by atoms with E-state index < -0.39 is 5.82 Å². The van der Waals surface area contributed by atoms with Crippen molar-refractivity contribution < 1.29 is 28.1 Å².